The average molecular weight is 218 g/mol. The molecule has 0 aliphatic heterocycles. The van der Waals surface area contributed by atoms with Crippen LogP contribution in [0.2, 0.25) is 0 Å². The molecule has 1 aliphatic rings. The molecule has 1 aromatic carbocycles. The molecule has 0 fully saturated rings. The van der Waals surface area contributed by atoms with E-state index < -0.39 is 0 Å². The number of likely N-dealkylation sites (N-methyl/N-ethyl adjacent to an activating group) is 1. The number of hydrogen-bond donors (Lipinski definition) is 1. The van der Waals surface area contributed by atoms with Gasteiger partial charge in [-0.25, -0.2) is 0 Å². The molecule has 0 saturated heterocycles. The molecule has 0 bridgehead atoms. The van der Waals surface area contributed by atoms with Crippen LogP contribution in [0.5, 0.6) is 0 Å². The van der Waals surface area contributed by atoms with Crippen molar-refractivity contribution in [2.75, 3.05) is 7.05 Å². The minimum Gasteiger partial charge on any atom is -0.323 e. The highest BCUT2D eigenvalue weighted by Gasteiger charge is 2.29. The Hall–Kier alpha value is -0.860. The average Bonchev–Trinajstić information content (AvgIpc) is 2.29. The third-order valence-corrected chi connectivity index (χ3v) is 3.88. The van der Waals surface area contributed by atoms with Gasteiger partial charge < -0.3 is 5.73 Å². The molecular formula is C14H22N2. The van der Waals surface area contributed by atoms with Crippen molar-refractivity contribution in [2.24, 2.45) is 5.73 Å². The Balaban J connectivity index is 2.24. The zero-order valence-electron chi connectivity index (χ0n) is 10.5. The zero-order chi connectivity index (χ0) is 11.7. The number of rotatable bonds is 2. The Morgan fingerprint density at radius 2 is 2.00 bits per heavy atom. The van der Waals surface area contributed by atoms with Crippen LogP contribution in [0, 0.1) is 0 Å². The number of nitrogens with two attached hydrogens (primary N) is 1. The standard InChI is InChI=1S/C14H22N2/c1-10(2)16(3)13-9-8-11-6-4-5-7-12(11)14(13)15/h4-7,10,13-14H,8-9,15H2,1-3H3. The second-order valence-corrected chi connectivity index (χ2v) is 5.09. The molecule has 0 amide bonds. The molecule has 0 heterocycles. The van der Waals surface area contributed by atoms with E-state index in [-0.39, 0.29) is 6.04 Å². The summed E-state index contributed by atoms with van der Waals surface area (Å²) < 4.78 is 0. The summed E-state index contributed by atoms with van der Waals surface area (Å²) in [7, 11) is 2.18. The largest absolute Gasteiger partial charge is 0.323 e. The molecule has 1 aromatic rings. The van der Waals surface area contributed by atoms with Crippen LogP contribution in [-0.2, 0) is 6.42 Å². The van der Waals surface area contributed by atoms with Crippen LogP contribution in [-0.4, -0.2) is 24.0 Å². The van der Waals surface area contributed by atoms with Crippen molar-refractivity contribution in [3.8, 4) is 0 Å². The molecule has 16 heavy (non-hydrogen) atoms. The summed E-state index contributed by atoms with van der Waals surface area (Å²) in [6, 6.07) is 9.80. The van der Waals surface area contributed by atoms with E-state index in [0.29, 0.717) is 12.1 Å². The highest BCUT2D eigenvalue weighted by molar-refractivity contribution is 5.33. The van der Waals surface area contributed by atoms with Gasteiger partial charge >= 0.3 is 0 Å². The van der Waals surface area contributed by atoms with Crippen molar-refractivity contribution in [1.29, 1.82) is 0 Å². The molecule has 88 valence electrons. The lowest BCUT2D eigenvalue weighted by Crippen LogP contribution is -2.46. The Bertz CT molecular complexity index is 360. The summed E-state index contributed by atoms with van der Waals surface area (Å²) in [6.07, 6.45) is 2.33. The number of nitrogens with zero attached hydrogens (tertiary/aromatic N) is 1. The predicted molar refractivity (Wildman–Crippen MR) is 68.4 cm³/mol. The predicted octanol–water partition coefficient (Wildman–Crippen LogP) is 2.34. The van der Waals surface area contributed by atoms with Gasteiger partial charge in [-0.3, -0.25) is 4.90 Å². The fourth-order valence-electron chi connectivity index (χ4n) is 2.62. The van der Waals surface area contributed by atoms with Gasteiger partial charge in [0.1, 0.15) is 0 Å². The minimum atomic E-state index is 0.164. The van der Waals surface area contributed by atoms with Gasteiger partial charge in [0.05, 0.1) is 0 Å². The smallest absolute Gasteiger partial charge is 0.0455 e. The first-order chi connectivity index (χ1) is 7.61. The maximum absolute atomic E-state index is 6.39. The molecule has 0 spiro atoms. The number of benzene rings is 1. The van der Waals surface area contributed by atoms with E-state index in [1.165, 1.54) is 17.5 Å². The number of fused-ring (bicyclic) bond motifs is 1. The Labute approximate surface area is 98.4 Å². The molecule has 0 aromatic heterocycles. The van der Waals surface area contributed by atoms with Crippen molar-refractivity contribution in [1.82, 2.24) is 4.90 Å². The van der Waals surface area contributed by atoms with Crippen molar-refractivity contribution in [3.05, 3.63) is 35.4 Å². The molecule has 2 heteroatoms. The van der Waals surface area contributed by atoms with E-state index in [1.54, 1.807) is 0 Å². The first-order valence-electron chi connectivity index (χ1n) is 6.16. The normalized spacial score (nSPS) is 24.9. The Kier molecular flexibility index (Phi) is 3.31. The van der Waals surface area contributed by atoms with Crippen LogP contribution >= 0.6 is 0 Å². The van der Waals surface area contributed by atoms with Gasteiger partial charge in [-0.2, -0.15) is 0 Å². The summed E-state index contributed by atoms with van der Waals surface area (Å²) in [4.78, 5) is 2.40. The third-order valence-electron chi connectivity index (χ3n) is 3.88. The highest BCUT2D eigenvalue weighted by atomic mass is 15.2. The van der Waals surface area contributed by atoms with Crippen LogP contribution < -0.4 is 5.73 Å². The van der Waals surface area contributed by atoms with Crippen LogP contribution in [0.25, 0.3) is 0 Å². The zero-order valence-corrected chi connectivity index (χ0v) is 10.5. The fourth-order valence-corrected chi connectivity index (χ4v) is 2.62. The third kappa shape index (κ3) is 2.00. The summed E-state index contributed by atoms with van der Waals surface area (Å²) in [5, 5.41) is 0. The number of hydrogen-bond acceptors (Lipinski definition) is 2. The van der Waals surface area contributed by atoms with Gasteiger partial charge in [0.15, 0.2) is 0 Å². The van der Waals surface area contributed by atoms with Crippen molar-refractivity contribution in [3.63, 3.8) is 0 Å². The van der Waals surface area contributed by atoms with E-state index in [9.17, 15) is 0 Å². The summed E-state index contributed by atoms with van der Waals surface area (Å²) >= 11 is 0. The molecule has 2 unspecified atom stereocenters. The van der Waals surface area contributed by atoms with Crippen molar-refractivity contribution >= 4 is 0 Å². The molecule has 2 N–H and O–H groups in total. The molecule has 1 aliphatic carbocycles. The second kappa shape index (κ2) is 4.56. The molecule has 0 saturated carbocycles. The van der Waals surface area contributed by atoms with E-state index in [2.05, 4.69) is 50.1 Å². The Morgan fingerprint density at radius 1 is 1.31 bits per heavy atom. The lowest BCUT2D eigenvalue weighted by molar-refractivity contribution is 0.154. The van der Waals surface area contributed by atoms with E-state index in [4.69, 9.17) is 5.73 Å². The maximum atomic E-state index is 6.39. The molecule has 2 rings (SSSR count). The molecule has 2 nitrogen and oxygen atoms in total. The SMILES string of the molecule is CC(C)N(C)C1CCc2ccccc2C1N. The van der Waals surface area contributed by atoms with Crippen molar-refractivity contribution < 1.29 is 0 Å². The highest BCUT2D eigenvalue weighted by Crippen LogP contribution is 2.31. The Morgan fingerprint density at radius 3 is 2.69 bits per heavy atom. The van der Waals surface area contributed by atoms with Crippen LogP contribution in [0.4, 0.5) is 0 Å². The molecular weight excluding hydrogens is 196 g/mol. The first kappa shape index (κ1) is 11.6. The lowest BCUT2D eigenvalue weighted by Gasteiger charge is -2.39. The summed E-state index contributed by atoms with van der Waals surface area (Å²) in [5.74, 6) is 0. The van der Waals surface area contributed by atoms with Crippen molar-refractivity contribution in [2.45, 2.75) is 44.8 Å². The summed E-state index contributed by atoms with van der Waals surface area (Å²) in [6.45, 7) is 4.46. The van der Waals surface area contributed by atoms with Gasteiger partial charge in [-0.05, 0) is 44.9 Å². The van der Waals surface area contributed by atoms with E-state index in [0.717, 1.165) is 6.42 Å². The maximum Gasteiger partial charge on any atom is 0.0455 e. The second-order valence-electron chi connectivity index (χ2n) is 5.09. The van der Waals surface area contributed by atoms with Crippen LogP contribution in [0.3, 0.4) is 0 Å². The van der Waals surface area contributed by atoms with Gasteiger partial charge in [0.2, 0.25) is 0 Å². The van der Waals surface area contributed by atoms with Gasteiger partial charge in [-0.15, -0.1) is 0 Å². The monoisotopic (exact) mass is 218 g/mol. The van der Waals surface area contributed by atoms with Gasteiger partial charge in [0.25, 0.3) is 0 Å². The molecule has 2 atom stereocenters. The van der Waals surface area contributed by atoms with Gasteiger partial charge in [-0.1, -0.05) is 24.3 Å². The van der Waals surface area contributed by atoms with Crippen LogP contribution in [0.1, 0.15) is 37.4 Å². The van der Waals surface area contributed by atoms with E-state index in [1.807, 2.05) is 0 Å². The quantitative estimate of drug-likeness (QED) is 0.825. The lowest BCUT2D eigenvalue weighted by atomic mass is 9.83. The van der Waals surface area contributed by atoms with E-state index >= 15 is 0 Å². The first-order valence-corrected chi connectivity index (χ1v) is 6.16. The minimum absolute atomic E-state index is 0.164. The topological polar surface area (TPSA) is 29.3 Å². The van der Waals surface area contributed by atoms with Crippen LogP contribution in [0.15, 0.2) is 24.3 Å². The van der Waals surface area contributed by atoms with Gasteiger partial charge in [0, 0.05) is 18.1 Å². The summed E-state index contributed by atoms with van der Waals surface area (Å²) in [5.41, 5.74) is 9.16. The number of aryl methyl sites for hydroxylation is 1. The molecule has 0 radical (unpaired) electrons. The fraction of sp³-hybridized carbons (Fsp3) is 0.571.